The molecule has 1 aromatic carbocycles. The number of carbonyl (C=O) groups excluding carboxylic acids is 3. The smallest absolute Gasteiger partial charge is 0.356 e. The first-order valence-electron chi connectivity index (χ1n) is 6.43. The number of hydrogen-bond acceptors (Lipinski definition) is 5. The minimum Gasteiger partial charge on any atom is -0.464 e. The minimum atomic E-state index is -0.675. The van der Waals surface area contributed by atoms with Crippen LogP contribution >= 0.6 is 11.6 Å². The maximum atomic E-state index is 11.9. The lowest BCUT2D eigenvalue weighted by Gasteiger charge is -2.07. The zero-order valence-electron chi connectivity index (χ0n) is 12.0. The Kier molecular flexibility index (Phi) is 5.27. The molecule has 2 aromatic rings. The molecule has 1 aromatic heterocycles. The minimum absolute atomic E-state index is 0.0127. The van der Waals surface area contributed by atoms with E-state index in [2.05, 4.69) is 20.6 Å². The second kappa shape index (κ2) is 7.37. The molecule has 0 saturated heterocycles. The monoisotopic (exact) mass is 333 g/mol. The number of esters is 1. The fraction of sp³-hybridized carbons (Fsp3) is 0.0667. The number of amides is 2. The van der Waals surface area contributed by atoms with Crippen molar-refractivity contribution in [3.8, 4) is 0 Å². The van der Waals surface area contributed by atoms with Crippen molar-refractivity contribution in [1.29, 1.82) is 0 Å². The molecule has 1 heterocycles. The van der Waals surface area contributed by atoms with Crippen LogP contribution in [-0.2, 0) is 4.74 Å². The quantitative estimate of drug-likeness (QED) is 0.656. The Balaban J connectivity index is 2.02. The molecule has 8 heteroatoms. The summed E-state index contributed by atoms with van der Waals surface area (Å²) in [5, 5.41) is 0.399. The van der Waals surface area contributed by atoms with Crippen LogP contribution in [0.15, 0.2) is 42.5 Å². The molecule has 0 aliphatic carbocycles. The van der Waals surface area contributed by atoms with Gasteiger partial charge in [-0.25, -0.2) is 9.78 Å². The summed E-state index contributed by atoms with van der Waals surface area (Å²) in [6, 6.07) is 10.5. The van der Waals surface area contributed by atoms with Crippen molar-refractivity contribution < 1.29 is 19.1 Å². The average molecular weight is 334 g/mol. The molecular weight excluding hydrogens is 322 g/mol. The van der Waals surface area contributed by atoms with E-state index in [0.29, 0.717) is 5.02 Å². The predicted octanol–water partition coefficient (Wildman–Crippen LogP) is 1.60. The van der Waals surface area contributed by atoms with Gasteiger partial charge in [-0.05, 0) is 30.3 Å². The zero-order chi connectivity index (χ0) is 16.8. The first-order valence-corrected chi connectivity index (χ1v) is 6.80. The molecule has 0 aliphatic rings. The molecule has 0 radical (unpaired) electrons. The zero-order valence-corrected chi connectivity index (χ0v) is 12.8. The Hall–Kier alpha value is -2.93. The standard InChI is InChI=1S/C15H12ClN3O4/c1-23-15(22)12-7-3-6-11(17-12)14(21)19-18-13(20)9-4-2-5-10(16)8-9/h2-8H,1H3,(H,18,20)(H,19,21). The van der Waals surface area contributed by atoms with Crippen LogP contribution < -0.4 is 10.9 Å². The van der Waals surface area contributed by atoms with Crippen molar-refractivity contribution in [2.45, 2.75) is 0 Å². The third-order valence-corrected chi connectivity index (χ3v) is 2.99. The van der Waals surface area contributed by atoms with Gasteiger partial charge in [-0.3, -0.25) is 20.4 Å². The normalized spacial score (nSPS) is 9.83. The number of halogens is 1. The Labute approximate surface area is 136 Å². The molecule has 2 amide bonds. The summed E-state index contributed by atoms with van der Waals surface area (Å²) in [5.41, 5.74) is 4.67. The summed E-state index contributed by atoms with van der Waals surface area (Å²) in [6.07, 6.45) is 0. The topological polar surface area (TPSA) is 97.4 Å². The van der Waals surface area contributed by atoms with Gasteiger partial charge in [-0.15, -0.1) is 0 Å². The molecule has 2 rings (SSSR count). The number of methoxy groups -OCH3 is 1. The van der Waals surface area contributed by atoms with Crippen molar-refractivity contribution in [2.24, 2.45) is 0 Å². The molecule has 7 nitrogen and oxygen atoms in total. The highest BCUT2D eigenvalue weighted by Crippen LogP contribution is 2.10. The van der Waals surface area contributed by atoms with Crippen molar-refractivity contribution in [1.82, 2.24) is 15.8 Å². The molecule has 2 N–H and O–H groups in total. The summed E-state index contributed by atoms with van der Waals surface area (Å²) in [7, 11) is 1.21. The van der Waals surface area contributed by atoms with Crippen LogP contribution in [0.5, 0.6) is 0 Å². The number of rotatable bonds is 3. The fourth-order valence-corrected chi connectivity index (χ4v) is 1.85. The third kappa shape index (κ3) is 4.27. The van der Waals surface area contributed by atoms with Gasteiger partial charge in [0, 0.05) is 10.6 Å². The number of pyridine rings is 1. The van der Waals surface area contributed by atoms with Crippen LogP contribution in [0, 0.1) is 0 Å². The Morgan fingerprint density at radius 1 is 1.00 bits per heavy atom. The molecule has 0 fully saturated rings. The van der Waals surface area contributed by atoms with Crippen molar-refractivity contribution in [3.05, 3.63) is 64.4 Å². The highest BCUT2D eigenvalue weighted by atomic mass is 35.5. The van der Waals surface area contributed by atoms with Gasteiger partial charge in [0.05, 0.1) is 7.11 Å². The lowest BCUT2D eigenvalue weighted by molar-refractivity contribution is 0.0593. The number of ether oxygens (including phenoxy) is 1. The van der Waals surface area contributed by atoms with E-state index in [1.54, 1.807) is 18.2 Å². The summed E-state index contributed by atoms with van der Waals surface area (Å²) in [4.78, 5) is 39.0. The van der Waals surface area contributed by atoms with Gasteiger partial charge >= 0.3 is 5.97 Å². The van der Waals surface area contributed by atoms with Crippen molar-refractivity contribution in [3.63, 3.8) is 0 Å². The number of hydrazine groups is 1. The highest BCUT2D eigenvalue weighted by molar-refractivity contribution is 6.30. The van der Waals surface area contributed by atoms with E-state index in [1.807, 2.05) is 0 Å². The van der Waals surface area contributed by atoms with Gasteiger partial charge in [0.1, 0.15) is 11.4 Å². The van der Waals surface area contributed by atoms with E-state index in [4.69, 9.17) is 11.6 Å². The number of nitrogens with zero attached hydrogens (tertiary/aromatic N) is 1. The molecule has 0 unspecified atom stereocenters. The summed E-state index contributed by atoms with van der Waals surface area (Å²) in [5.74, 6) is -1.88. The van der Waals surface area contributed by atoms with Gasteiger partial charge < -0.3 is 4.74 Å². The largest absolute Gasteiger partial charge is 0.464 e. The number of aromatic nitrogens is 1. The Morgan fingerprint density at radius 3 is 2.35 bits per heavy atom. The Morgan fingerprint density at radius 2 is 1.65 bits per heavy atom. The van der Waals surface area contributed by atoms with Gasteiger partial charge in [0.2, 0.25) is 0 Å². The van der Waals surface area contributed by atoms with E-state index in [9.17, 15) is 14.4 Å². The van der Waals surface area contributed by atoms with Gasteiger partial charge in [-0.1, -0.05) is 23.7 Å². The van der Waals surface area contributed by atoms with Gasteiger partial charge in [0.15, 0.2) is 0 Å². The highest BCUT2D eigenvalue weighted by Gasteiger charge is 2.13. The van der Waals surface area contributed by atoms with Gasteiger partial charge in [-0.2, -0.15) is 0 Å². The Bertz CT molecular complexity index is 764. The molecule has 0 bridgehead atoms. The average Bonchev–Trinajstić information content (AvgIpc) is 2.58. The lowest BCUT2D eigenvalue weighted by Crippen LogP contribution is -2.42. The van der Waals surface area contributed by atoms with E-state index in [1.165, 1.54) is 31.4 Å². The molecular formula is C15H12ClN3O4. The van der Waals surface area contributed by atoms with Crippen molar-refractivity contribution in [2.75, 3.05) is 7.11 Å². The second-order valence-corrected chi connectivity index (χ2v) is 4.75. The number of nitrogens with one attached hydrogen (secondary N) is 2. The van der Waals surface area contributed by atoms with E-state index in [0.717, 1.165) is 0 Å². The molecule has 118 valence electrons. The lowest BCUT2D eigenvalue weighted by atomic mass is 10.2. The number of benzene rings is 1. The summed E-state index contributed by atoms with van der Waals surface area (Å²) in [6.45, 7) is 0. The predicted molar refractivity (Wildman–Crippen MR) is 82.0 cm³/mol. The van der Waals surface area contributed by atoms with E-state index >= 15 is 0 Å². The van der Waals surface area contributed by atoms with E-state index < -0.39 is 17.8 Å². The van der Waals surface area contributed by atoms with Crippen LogP contribution in [0.2, 0.25) is 5.02 Å². The van der Waals surface area contributed by atoms with Gasteiger partial charge in [0.25, 0.3) is 11.8 Å². The number of carbonyl (C=O) groups is 3. The van der Waals surface area contributed by atoms with E-state index in [-0.39, 0.29) is 17.0 Å². The molecule has 0 atom stereocenters. The van der Waals surface area contributed by atoms with Crippen LogP contribution in [0.25, 0.3) is 0 Å². The fourth-order valence-electron chi connectivity index (χ4n) is 1.66. The van der Waals surface area contributed by atoms with Crippen LogP contribution in [0.1, 0.15) is 31.3 Å². The molecule has 23 heavy (non-hydrogen) atoms. The second-order valence-electron chi connectivity index (χ2n) is 4.32. The maximum Gasteiger partial charge on any atom is 0.356 e. The first-order chi connectivity index (χ1) is 11.0. The molecule has 0 spiro atoms. The maximum absolute atomic E-state index is 11.9. The van der Waals surface area contributed by atoms with Crippen LogP contribution in [0.3, 0.4) is 0 Å². The summed E-state index contributed by atoms with van der Waals surface area (Å²) >= 11 is 5.79. The number of hydrogen-bond donors (Lipinski definition) is 2. The SMILES string of the molecule is COC(=O)c1cccc(C(=O)NNC(=O)c2cccc(Cl)c2)n1. The first kappa shape index (κ1) is 16.4. The van der Waals surface area contributed by atoms with Crippen molar-refractivity contribution >= 4 is 29.4 Å². The van der Waals surface area contributed by atoms with Crippen LogP contribution in [-0.4, -0.2) is 29.9 Å². The van der Waals surface area contributed by atoms with Crippen LogP contribution in [0.4, 0.5) is 0 Å². The molecule has 0 saturated carbocycles. The molecule has 0 aliphatic heterocycles. The third-order valence-electron chi connectivity index (χ3n) is 2.75. The summed E-state index contributed by atoms with van der Waals surface area (Å²) < 4.78 is 4.52.